The number of nitrogens with zero attached hydrogens (tertiary/aromatic N) is 1. The van der Waals surface area contributed by atoms with Crippen molar-refractivity contribution in [3.63, 3.8) is 0 Å². The summed E-state index contributed by atoms with van der Waals surface area (Å²) in [5.41, 5.74) is 3.67. The number of hydrogen-bond acceptors (Lipinski definition) is 4. The number of ether oxygens (including phenoxy) is 2. The largest absolute Gasteiger partial charge is 0.497 e. The second-order valence-electron chi connectivity index (χ2n) is 6.21. The summed E-state index contributed by atoms with van der Waals surface area (Å²) in [6, 6.07) is 17.7. The Morgan fingerprint density at radius 3 is 2.46 bits per heavy atom. The summed E-state index contributed by atoms with van der Waals surface area (Å²) in [5.74, 6) is 0.882. The van der Waals surface area contributed by atoms with E-state index in [2.05, 4.69) is 5.32 Å². The predicted molar refractivity (Wildman–Crippen MR) is 102 cm³/mol. The van der Waals surface area contributed by atoms with Gasteiger partial charge < -0.3 is 19.7 Å². The SMILES string of the molecule is COC/C(Nc1ccccc1)=C1\CCN(Cc2ccc(OC)cc2)C1=O. The first kappa shape index (κ1) is 18.0. The van der Waals surface area contributed by atoms with Crippen molar-refractivity contribution in [1.82, 2.24) is 4.90 Å². The Morgan fingerprint density at radius 2 is 1.81 bits per heavy atom. The highest BCUT2D eigenvalue weighted by atomic mass is 16.5. The maximum atomic E-state index is 12.9. The molecular weight excluding hydrogens is 328 g/mol. The minimum absolute atomic E-state index is 0.0660. The summed E-state index contributed by atoms with van der Waals surface area (Å²) in [4.78, 5) is 14.8. The van der Waals surface area contributed by atoms with E-state index in [0.29, 0.717) is 26.1 Å². The Balaban J connectivity index is 1.74. The number of carbonyl (C=O) groups excluding carboxylic acids is 1. The van der Waals surface area contributed by atoms with Gasteiger partial charge in [0.1, 0.15) is 5.75 Å². The Labute approximate surface area is 154 Å². The summed E-state index contributed by atoms with van der Waals surface area (Å²) >= 11 is 0. The van der Waals surface area contributed by atoms with Gasteiger partial charge in [0.25, 0.3) is 5.91 Å². The van der Waals surface area contributed by atoms with Crippen LogP contribution < -0.4 is 10.1 Å². The van der Waals surface area contributed by atoms with E-state index in [-0.39, 0.29) is 5.91 Å². The van der Waals surface area contributed by atoms with Crippen molar-refractivity contribution in [2.75, 3.05) is 32.7 Å². The number of benzene rings is 2. The lowest BCUT2D eigenvalue weighted by molar-refractivity contribution is -0.125. The van der Waals surface area contributed by atoms with Crippen LogP contribution in [0.5, 0.6) is 5.75 Å². The van der Waals surface area contributed by atoms with Gasteiger partial charge in [-0.25, -0.2) is 0 Å². The average molecular weight is 352 g/mol. The molecule has 1 amide bonds. The van der Waals surface area contributed by atoms with Crippen LogP contribution >= 0.6 is 0 Å². The van der Waals surface area contributed by atoms with Crippen molar-refractivity contribution < 1.29 is 14.3 Å². The number of methoxy groups -OCH3 is 2. The average Bonchev–Trinajstić information content (AvgIpc) is 3.03. The van der Waals surface area contributed by atoms with Crippen molar-refractivity contribution in [2.24, 2.45) is 0 Å². The molecule has 1 fully saturated rings. The fraction of sp³-hybridized carbons (Fsp3) is 0.286. The van der Waals surface area contributed by atoms with Crippen LogP contribution in [0.2, 0.25) is 0 Å². The van der Waals surface area contributed by atoms with E-state index < -0.39 is 0 Å². The lowest BCUT2D eigenvalue weighted by Crippen LogP contribution is -2.25. The van der Waals surface area contributed by atoms with Crippen molar-refractivity contribution in [3.05, 3.63) is 71.4 Å². The van der Waals surface area contributed by atoms with Crippen LogP contribution in [0.1, 0.15) is 12.0 Å². The number of likely N-dealkylation sites (tertiary alicyclic amines) is 1. The molecule has 0 aliphatic carbocycles. The lowest BCUT2D eigenvalue weighted by Gasteiger charge is -2.17. The van der Waals surface area contributed by atoms with Gasteiger partial charge in [-0.1, -0.05) is 30.3 Å². The molecule has 1 aliphatic rings. The maximum absolute atomic E-state index is 12.9. The van der Waals surface area contributed by atoms with Crippen LogP contribution in [0.15, 0.2) is 65.9 Å². The first-order chi connectivity index (χ1) is 12.7. The van der Waals surface area contributed by atoms with Gasteiger partial charge in [-0.05, 0) is 36.2 Å². The van der Waals surface area contributed by atoms with E-state index in [0.717, 1.165) is 28.3 Å². The van der Waals surface area contributed by atoms with Gasteiger partial charge in [0.2, 0.25) is 0 Å². The Kier molecular flexibility index (Phi) is 5.92. The highest BCUT2D eigenvalue weighted by Crippen LogP contribution is 2.24. The van der Waals surface area contributed by atoms with E-state index in [9.17, 15) is 4.79 Å². The zero-order chi connectivity index (χ0) is 18.4. The third-order valence-corrected chi connectivity index (χ3v) is 4.43. The molecule has 0 aromatic heterocycles. The molecule has 0 spiro atoms. The summed E-state index contributed by atoms with van der Waals surface area (Å²) in [6.07, 6.45) is 0.716. The standard InChI is InChI=1S/C21H24N2O3/c1-25-15-20(22-17-6-4-3-5-7-17)19-12-13-23(21(19)24)14-16-8-10-18(26-2)11-9-16/h3-11,22H,12-15H2,1-2H3/b20-19-. The number of hydrogen-bond donors (Lipinski definition) is 1. The third-order valence-electron chi connectivity index (χ3n) is 4.43. The smallest absolute Gasteiger partial charge is 0.251 e. The second-order valence-corrected chi connectivity index (χ2v) is 6.21. The number of amides is 1. The van der Waals surface area contributed by atoms with Crippen LogP contribution in [0.25, 0.3) is 0 Å². The molecule has 136 valence electrons. The van der Waals surface area contributed by atoms with E-state index in [4.69, 9.17) is 9.47 Å². The summed E-state index contributed by atoms with van der Waals surface area (Å²) in [7, 11) is 3.29. The van der Waals surface area contributed by atoms with Crippen molar-refractivity contribution in [2.45, 2.75) is 13.0 Å². The lowest BCUT2D eigenvalue weighted by atomic mass is 10.1. The first-order valence-corrected chi connectivity index (χ1v) is 8.66. The Morgan fingerprint density at radius 1 is 1.08 bits per heavy atom. The third kappa shape index (κ3) is 4.24. The quantitative estimate of drug-likeness (QED) is 0.776. The highest BCUT2D eigenvalue weighted by Gasteiger charge is 2.28. The number of para-hydroxylation sites is 1. The van der Waals surface area contributed by atoms with Gasteiger partial charge in [-0.2, -0.15) is 0 Å². The van der Waals surface area contributed by atoms with E-state index >= 15 is 0 Å². The van der Waals surface area contributed by atoms with Gasteiger partial charge in [0.15, 0.2) is 0 Å². The fourth-order valence-electron chi connectivity index (χ4n) is 3.07. The van der Waals surface area contributed by atoms with E-state index in [1.54, 1.807) is 14.2 Å². The topological polar surface area (TPSA) is 50.8 Å². The monoisotopic (exact) mass is 352 g/mol. The molecule has 0 saturated carbocycles. The van der Waals surface area contributed by atoms with Crippen molar-refractivity contribution >= 4 is 11.6 Å². The van der Waals surface area contributed by atoms with Crippen LogP contribution in [0, 0.1) is 0 Å². The van der Waals surface area contributed by atoms with Crippen LogP contribution in [0.4, 0.5) is 5.69 Å². The van der Waals surface area contributed by atoms with Crippen LogP contribution in [-0.2, 0) is 16.1 Å². The van der Waals surface area contributed by atoms with Crippen LogP contribution in [-0.4, -0.2) is 38.2 Å². The molecule has 2 aromatic carbocycles. The number of rotatable bonds is 7. The number of carbonyl (C=O) groups is 1. The second kappa shape index (κ2) is 8.54. The molecule has 1 aliphatic heterocycles. The van der Waals surface area contributed by atoms with Gasteiger partial charge in [0.05, 0.1) is 19.4 Å². The predicted octanol–water partition coefficient (Wildman–Crippen LogP) is 3.44. The van der Waals surface area contributed by atoms with E-state index in [1.165, 1.54) is 0 Å². The molecule has 0 bridgehead atoms. The summed E-state index contributed by atoms with van der Waals surface area (Å²) in [5, 5.41) is 3.34. The molecule has 0 atom stereocenters. The zero-order valence-corrected chi connectivity index (χ0v) is 15.2. The molecule has 0 radical (unpaired) electrons. The summed E-state index contributed by atoms with van der Waals surface area (Å²) in [6.45, 7) is 1.69. The molecule has 5 heteroatoms. The fourth-order valence-corrected chi connectivity index (χ4v) is 3.07. The first-order valence-electron chi connectivity index (χ1n) is 8.66. The molecule has 2 aromatic rings. The summed E-state index contributed by atoms with van der Waals surface area (Å²) < 4.78 is 10.5. The van der Waals surface area contributed by atoms with Gasteiger partial charge >= 0.3 is 0 Å². The number of anilines is 1. The van der Waals surface area contributed by atoms with E-state index in [1.807, 2.05) is 59.5 Å². The number of nitrogens with one attached hydrogen (secondary N) is 1. The molecule has 3 rings (SSSR count). The Hall–Kier alpha value is -2.79. The molecule has 0 unspecified atom stereocenters. The minimum atomic E-state index is 0.0660. The van der Waals surface area contributed by atoms with Crippen LogP contribution in [0.3, 0.4) is 0 Å². The molecule has 1 saturated heterocycles. The zero-order valence-electron chi connectivity index (χ0n) is 15.2. The van der Waals surface area contributed by atoms with Crippen molar-refractivity contribution in [3.8, 4) is 5.75 Å². The molecular formula is C21H24N2O3. The van der Waals surface area contributed by atoms with Gasteiger partial charge in [0, 0.05) is 31.5 Å². The molecule has 5 nitrogen and oxygen atoms in total. The van der Waals surface area contributed by atoms with Gasteiger partial charge in [-0.3, -0.25) is 4.79 Å². The minimum Gasteiger partial charge on any atom is -0.497 e. The highest BCUT2D eigenvalue weighted by molar-refractivity contribution is 5.97. The van der Waals surface area contributed by atoms with Gasteiger partial charge in [-0.15, -0.1) is 0 Å². The molecule has 1 N–H and O–H groups in total. The molecule has 26 heavy (non-hydrogen) atoms. The van der Waals surface area contributed by atoms with Crippen molar-refractivity contribution in [1.29, 1.82) is 0 Å². The Bertz CT molecular complexity index is 770. The maximum Gasteiger partial charge on any atom is 0.251 e. The normalized spacial score (nSPS) is 15.9. The molecule has 1 heterocycles.